The van der Waals surface area contributed by atoms with Gasteiger partial charge in [0.25, 0.3) is 0 Å². The second-order valence-electron chi connectivity index (χ2n) is 7.98. The number of urea groups is 1. The summed E-state index contributed by atoms with van der Waals surface area (Å²) in [7, 11) is 0. The molecule has 1 aliphatic heterocycles. The Morgan fingerprint density at radius 2 is 2.21 bits per heavy atom. The zero-order chi connectivity index (χ0) is 20.2. The molecule has 1 saturated carbocycles. The first-order chi connectivity index (χ1) is 14.0. The summed E-state index contributed by atoms with van der Waals surface area (Å²) in [6.45, 7) is 3.97. The molecular formula is C20H21ClN6O2. The highest BCUT2D eigenvalue weighted by Crippen LogP contribution is 2.55. The number of aromatic nitrogens is 4. The number of piperidine rings is 1. The van der Waals surface area contributed by atoms with Crippen LogP contribution in [0.4, 0.5) is 10.5 Å². The van der Waals surface area contributed by atoms with Crippen LogP contribution in [-0.2, 0) is 5.54 Å². The van der Waals surface area contributed by atoms with Crippen molar-refractivity contribution in [2.45, 2.75) is 44.7 Å². The van der Waals surface area contributed by atoms with Gasteiger partial charge in [0.15, 0.2) is 0 Å². The van der Waals surface area contributed by atoms with Crippen molar-refractivity contribution >= 4 is 23.3 Å². The maximum absolute atomic E-state index is 13.3. The first kappa shape index (κ1) is 18.2. The standard InChI is InChI=1S/C20H21ClN6O2/c1-12-8-15-11-20(10-12,18-25-24-13(2)29-18)27(15)19(28)23-14-4-5-16(21)17(9-14)26-7-3-6-22-26/h3-7,9,12,15H,8,10-11H2,1-2H3,(H,23,28)/t12-,15+,20-/m0/s1. The molecule has 2 aliphatic rings. The zero-order valence-electron chi connectivity index (χ0n) is 16.2. The van der Waals surface area contributed by atoms with Crippen molar-refractivity contribution in [2.75, 3.05) is 5.32 Å². The molecule has 2 bridgehead atoms. The second-order valence-corrected chi connectivity index (χ2v) is 8.38. The van der Waals surface area contributed by atoms with E-state index in [1.54, 1.807) is 36.1 Å². The lowest BCUT2D eigenvalue weighted by atomic mass is 9.64. The van der Waals surface area contributed by atoms with Crippen molar-refractivity contribution in [1.82, 2.24) is 24.9 Å². The molecule has 0 unspecified atom stereocenters. The molecule has 2 amide bonds. The highest BCUT2D eigenvalue weighted by atomic mass is 35.5. The van der Waals surface area contributed by atoms with E-state index in [4.69, 9.17) is 16.0 Å². The van der Waals surface area contributed by atoms with E-state index in [1.807, 2.05) is 17.0 Å². The van der Waals surface area contributed by atoms with Gasteiger partial charge in [-0.05, 0) is 43.0 Å². The third kappa shape index (κ3) is 2.90. The zero-order valence-corrected chi connectivity index (χ0v) is 16.9. The van der Waals surface area contributed by atoms with Gasteiger partial charge in [-0.25, -0.2) is 9.48 Å². The molecule has 1 N–H and O–H groups in total. The quantitative estimate of drug-likeness (QED) is 0.698. The van der Waals surface area contributed by atoms with Crippen molar-refractivity contribution in [3.05, 3.63) is 53.5 Å². The van der Waals surface area contributed by atoms with E-state index in [0.29, 0.717) is 34.1 Å². The van der Waals surface area contributed by atoms with Gasteiger partial charge in [0.05, 0.1) is 10.7 Å². The number of hydrogen-bond donors (Lipinski definition) is 1. The maximum Gasteiger partial charge on any atom is 0.323 e. The number of aryl methyl sites for hydroxylation is 1. The average Bonchev–Trinajstić information content (AvgIpc) is 3.34. The number of likely N-dealkylation sites (tertiary alicyclic amines) is 1. The van der Waals surface area contributed by atoms with Crippen LogP contribution in [0.1, 0.15) is 38.0 Å². The van der Waals surface area contributed by atoms with Gasteiger partial charge in [-0.1, -0.05) is 18.5 Å². The van der Waals surface area contributed by atoms with Gasteiger partial charge in [0, 0.05) is 37.5 Å². The number of halogens is 1. The van der Waals surface area contributed by atoms with Gasteiger partial charge < -0.3 is 14.6 Å². The lowest BCUT2D eigenvalue weighted by molar-refractivity contribution is -0.110. The molecule has 0 spiro atoms. The number of anilines is 1. The number of nitrogens with zero attached hydrogens (tertiary/aromatic N) is 5. The van der Waals surface area contributed by atoms with Crippen LogP contribution in [0.5, 0.6) is 0 Å². The lowest BCUT2D eigenvalue weighted by Crippen LogP contribution is -2.70. The topological polar surface area (TPSA) is 89.1 Å². The van der Waals surface area contributed by atoms with Crippen molar-refractivity contribution in [3.63, 3.8) is 0 Å². The van der Waals surface area contributed by atoms with E-state index < -0.39 is 5.54 Å². The summed E-state index contributed by atoms with van der Waals surface area (Å²) in [5.41, 5.74) is 0.833. The van der Waals surface area contributed by atoms with Gasteiger partial charge in [0.1, 0.15) is 5.54 Å². The molecule has 3 heterocycles. The summed E-state index contributed by atoms with van der Waals surface area (Å²) < 4.78 is 7.42. The predicted octanol–water partition coefficient (Wildman–Crippen LogP) is 4.15. The Morgan fingerprint density at radius 3 is 2.93 bits per heavy atom. The molecule has 29 heavy (non-hydrogen) atoms. The van der Waals surface area contributed by atoms with Crippen LogP contribution in [0.15, 0.2) is 41.1 Å². The molecule has 1 aromatic carbocycles. The Hall–Kier alpha value is -2.87. The number of hydrogen-bond acceptors (Lipinski definition) is 5. The normalized spacial score (nSPS) is 25.6. The maximum atomic E-state index is 13.3. The van der Waals surface area contributed by atoms with E-state index in [1.165, 1.54) is 0 Å². The summed E-state index contributed by atoms with van der Waals surface area (Å²) in [5.74, 6) is 1.53. The fraction of sp³-hybridized carbons (Fsp3) is 0.400. The van der Waals surface area contributed by atoms with Crippen LogP contribution < -0.4 is 5.32 Å². The first-order valence-electron chi connectivity index (χ1n) is 9.67. The minimum atomic E-state index is -0.523. The number of rotatable bonds is 3. The van der Waals surface area contributed by atoms with Crippen molar-refractivity contribution in [2.24, 2.45) is 5.92 Å². The molecule has 3 atom stereocenters. The number of amides is 2. The molecule has 2 aromatic heterocycles. The highest BCUT2D eigenvalue weighted by Gasteiger charge is 2.62. The Labute approximate surface area is 172 Å². The van der Waals surface area contributed by atoms with Gasteiger partial charge in [-0.2, -0.15) is 5.10 Å². The van der Waals surface area contributed by atoms with E-state index in [-0.39, 0.29) is 12.1 Å². The highest BCUT2D eigenvalue weighted by molar-refractivity contribution is 6.32. The van der Waals surface area contributed by atoms with Crippen LogP contribution in [0.2, 0.25) is 5.02 Å². The first-order valence-corrected chi connectivity index (χ1v) is 10.0. The SMILES string of the molecule is Cc1nnc([C@]23C[C@@H](C)C[C@H](C2)N3C(=O)Nc2ccc(Cl)c(-n3cccn3)c2)o1. The molecule has 0 radical (unpaired) electrons. The largest absolute Gasteiger partial charge is 0.423 e. The monoisotopic (exact) mass is 412 g/mol. The van der Waals surface area contributed by atoms with Crippen molar-refractivity contribution < 1.29 is 9.21 Å². The summed E-state index contributed by atoms with van der Waals surface area (Å²) >= 11 is 6.31. The Balaban J connectivity index is 1.43. The number of carbonyl (C=O) groups excluding carboxylic acids is 1. The van der Waals surface area contributed by atoms with Crippen molar-refractivity contribution in [3.8, 4) is 5.69 Å². The van der Waals surface area contributed by atoms with E-state index in [0.717, 1.165) is 19.3 Å². The number of benzene rings is 1. The van der Waals surface area contributed by atoms with Crippen LogP contribution in [-0.4, -0.2) is 37.0 Å². The van der Waals surface area contributed by atoms with E-state index >= 15 is 0 Å². The summed E-state index contributed by atoms with van der Waals surface area (Å²) in [4.78, 5) is 15.1. The van der Waals surface area contributed by atoms with E-state index in [2.05, 4.69) is 27.5 Å². The van der Waals surface area contributed by atoms with Gasteiger partial charge >= 0.3 is 6.03 Å². The molecule has 3 aromatic rings. The number of carbonyl (C=O) groups is 1. The minimum absolute atomic E-state index is 0.169. The Kier molecular flexibility index (Phi) is 4.13. The summed E-state index contributed by atoms with van der Waals surface area (Å²) in [6.07, 6.45) is 6.13. The second kappa shape index (κ2) is 6.59. The fourth-order valence-electron chi connectivity index (χ4n) is 4.79. The fourth-order valence-corrected chi connectivity index (χ4v) is 5.00. The smallest absolute Gasteiger partial charge is 0.323 e. The third-order valence-electron chi connectivity index (χ3n) is 5.85. The minimum Gasteiger partial charge on any atom is -0.423 e. The number of fused-ring (bicyclic) bond motifs is 2. The van der Waals surface area contributed by atoms with Crippen LogP contribution in [0.25, 0.3) is 5.69 Å². The third-order valence-corrected chi connectivity index (χ3v) is 6.17. The molecule has 1 aliphatic carbocycles. The van der Waals surface area contributed by atoms with Gasteiger partial charge in [0.2, 0.25) is 11.8 Å². The van der Waals surface area contributed by atoms with Crippen LogP contribution in [0.3, 0.4) is 0 Å². The Morgan fingerprint density at radius 1 is 1.34 bits per heavy atom. The van der Waals surface area contributed by atoms with Crippen LogP contribution in [0, 0.1) is 12.8 Å². The summed E-state index contributed by atoms with van der Waals surface area (Å²) in [5, 5.41) is 16.0. The molecule has 150 valence electrons. The molecule has 5 rings (SSSR count). The molecule has 9 heteroatoms. The number of nitrogens with one attached hydrogen (secondary N) is 1. The molecular weight excluding hydrogens is 392 g/mol. The molecule has 1 saturated heterocycles. The Bertz CT molecular complexity index is 1060. The average molecular weight is 413 g/mol. The van der Waals surface area contributed by atoms with E-state index in [9.17, 15) is 4.79 Å². The predicted molar refractivity (Wildman–Crippen MR) is 107 cm³/mol. The molecule has 8 nitrogen and oxygen atoms in total. The van der Waals surface area contributed by atoms with Crippen LogP contribution >= 0.6 is 11.6 Å². The lowest BCUT2D eigenvalue weighted by Gasteiger charge is -2.61. The molecule has 2 fully saturated rings. The van der Waals surface area contributed by atoms with Gasteiger partial charge in [-0.3, -0.25) is 0 Å². The van der Waals surface area contributed by atoms with Gasteiger partial charge in [-0.15, -0.1) is 10.2 Å². The van der Waals surface area contributed by atoms with Crippen molar-refractivity contribution in [1.29, 1.82) is 0 Å². The summed E-state index contributed by atoms with van der Waals surface area (Å²) in [6, 6.07) is 7.18.